The van der Waals surface area contributed by atoms with Crippen molar-refractivity contribution in [3.63, 3.8) is 0 Å². The molecule has 2 aliphatic heterocycles. The lowest BCUT2D eigenvalue weighted by Gasteiger charge is -2.30. The molecule has 2 aliphatic rings. The number of benzene rings is 2. The van der Waals surface area contributed by atoms with Crippen molar-refractivity contribution in [2.24, 2.45) is 5.73 Å². The monoisotopic (exact) mass is 426 g/mol. The predicted octanol–water partition coefficient (Wildman–Crippen LogP) is 4.31. The molecule has 162 valence electrons. The normalized spacial score (nSPS) is 16.3. The first-order valence-electron chi connectivity index (χ1n) is 11.1. The molecule has 0 saturated carbocycles. The van der Waals surface area contributed by atoms with E-state index in [9.17, 15) is 9.59 Å². The maximum absolute atomic E-state index is 13.7. The molecule has 1 amide bonds. The van der Waals surface area contributed by atoms with Gasteiger partial charge >= 0.3 is 0 Å². The van der Waals surface area contributed by atoms with Gasteiger partial charge in [0.15, 0.2) is 0 Å². The van der Waals surface area contributed by atoms with Gasteiger partial charge in [-0.15, -0.1) is 0 Å². The molecule has 1 aromatic heterocycles. The van der Waals surface area contributed by atoms with Crippen LogP contribution in [0, 0.1) is 0 Å². The van der Waals surface area contributed by atoms with Gasteiger partial charge in [-0.3, -0.25) is 9.59 Å². The molecule has 5 rings (SSSR count). The van der Waals surface area contributed by atoms with E-state index in [1.165, 1.54) is 6.42 Å². The number of amides is 1. The summed E-state index contributed by atoms with van der Waals surface area (Å²) in [6, 6.07) is 17.0. The molecule has 2 N–H and O–H groups in total. The van der Waals surface area contributed by atoms with Gasteiger partial charge in [-0.05, 0) is 43.9 Å². The van der Waals surface area contributed by atoms with Crippen molar-refractivity contribution in [1.82, 2.24) is 9.78 Å². The average Bonchev–Trinajstić information content (AvgIpc) is 3.20. The van der Waals surface area contributed by atoms with Crippen LogP contribution in [0.15, 0.2) is 60.2 Å². The molecule has 0 bridgehead atoms. The number of carbonyl (C=O) groups excluding carboxylic acids is 2. The molecule has 0 unspecified atom stereocenters. The van der Waals surface area contributed by atoms with Crippen LogP contribution in [-0.2, 0) is 6.42 Å². The third-order valence-corrected chi connectivity index (χ3v) is 6.40. The maximum Gasteiger partial charge on any atom is 0.279 e. The lowest BCUT2D eigenvalue weighted by molar-refractivity contribution is 0.0957. The van der Waals surface area contributed by atoms with E-state index in [1.807, 2.05) is 25.1 Å². The SMILES string of the molecule is CC1=C(c2ccc(C(N)=O)cc2)C(=O)n2nc(-c3ccccc3)c(N3CCCCC3)c2C1. The van der Waals surface area contributed by atoms with E-state index in [0.717, 1.165) is 59.7 Å². The minimum absolute atomic E-state index is 0.129. The minimum Gasteiger partial charge on any atom is -0.368 e. The van der Waals surface area contributed by atoms with Crippen molar-refractivity contribution < 1.29 is 9.59 Å². The quantitative estimate of drug-likeness (QED) is 0.674. The molecule has 1 fully saturated rings. The topological polar surface area (TPSA) is 81.2 Å². The molecule has 0 aliphatic carbocycles. The standard InChI is InChI=1S/C26H26N4O2/c1-17-16-21-24(29-14-6-3-7-15-29)23(19-8-4-2-5-9-19)28-30(21)26(32)22(17)18-10-12-20(13-11-18)25(27)31/h2,4-5,8-13H,3,6-7,14-16H2,1H3,(H2,27,31). The first-order valence-corrected chi connectivity index (χ1v) is 11.1. The van der Waals surface area contributed by atoms with Gasteiger partial charge in [-0.25, -0.2) is 0 Å². The zero-order valence-corrected chi connectivity index (χ0v) is 18.2. The summed E-state index contributed by atoms with van der Waals surface area (Å²) < 4.78 is 1.59. The fourth-order valence-corrected chi connectivity index (χ4v) is 4.81. The third-order valence-electron chi connectivity index (χ3n) is 6.40. The zero-order chi connectivity index (χ0) is 22.2. The molecule has 0 radical (unpaired) electrons. The number of hydrogen-bond acceptors (Lipinski definition) is 4. The van der Waals surface area contributed by atoms with Crippen molar-refractivity contribution in [1.29, 1.82) is 0 Å². The van der Waals surface area contributed by atoms with Gasteiger partial charge in [0.05, 0.1) is 11.4 Å². The highest BCUT2D eigenvalue weighted by Crippen LogP contribution is 2.40. The van der Waals surface area contributed by atoms with E-state index in [1.54, 1.807) is 28.9 Å². The molecule has 32 heavy (non-hydrogen) atoms. The summed E-state index contributed by atoms with van der Waals surface area (Å²) in [6.07, 6.45) is 4.20. The van der Waals surface area contributed by atoms with Gasteiger partial charge < -0.3 is 10.6 Å². The largest absolute Gasteiger partial charge is 0.368 e. The number of aromatic nitrogens is 2. The summed E-state index contributed by atoms with van der Waals surface area (Å²) in [5, 5.41) is 4.85. The van der Waals surface area contributed by atoms with E-state index in [2.05, 4.69) is 17.0 Å². The van der Waals surface area contributed by atoms with Crippen LogP contribution in [-0.4, -0.2) is 34.7 Å². The summed E-state index contributed by atoms with van der Waals surface area (Å²) >= 11 is 0. The first kappa shape index (κ1) is 20.2. The highest BCUT2D eigenvalue weighted by Gasteiger charge is 2.33. The van der Waals surface area contributed by atoms with E-state index >= 15 is 0 Å². The van der Waals surface area contributed by atoms with Crippen LogP contribution in [0.1, 0.15) is 52.6 Å². The molecule has 6 nitrogen and oxygen atoms in total. The second-order valence-corrected chi connectivity index (χ2v) is 8.55. The van der Waals surface area contributed by atoms with Crippen LogP contribution < -0.4 is 10.6 Å². The lowest BCUT2D eigenvalue weighted by Crippen LogP contribution is -2.31. The summed E-state index contributed by atoms with van der Waals surface area (Å²) in [4.78, 5) is 27.5. The minimum atomic E-state index is -0.481. The Balaban J connectivity index is 1.62. The maximum atomic E-state index is 13.7. The number of hydrogen-bond donors (Lipinski definition) is 1. The van der Waals surface area contributed by atoms with E-state index in [-0.39, 0.29) is 5.91 Å². The Kier molecular flexibility index (Phi) is 5.13. The Morgan fingerprint density at radius 1 is 0.938 bits per heavy atom. The zero-order valence-electron chi connectivity index (χ0n) is 18.2. The average molecular weight is 427 g/mol. The Morgan fingerprint density at radius 2 is 1.62 bits per heavy atom. The first-order chi connectivity index (χ1) is 15.5. The molecule has 0 spiro atoms. The summed E-state index contributed by atoms with van der Waals surface area (Å²) in [5.41, 5.74) is 12.2. The van der Waals surface area contributed by atoms with Crippen LogP contribution >= 0.6 is 0 Å². The Morgan fingerprint density at radius 3 is 2.28 bits per heavy atom. The number of allylic oxidation sites excluding steroid dienone is 2. The molecule has 2 aromatic carbocycles. The van der Waals surface area contributed by atoms with Crippen molar-refractivity contribution in [2.75, 3.05) is 18.0 Å². The van der Waals surface area contributed by atoms with E-state index in [4.69, 9.17) is 10.8 Å². The Hall–Kier alpha value is -3.67. The molecule has 6 heteroatoms. The number of anilines is 1. The number of nitrogens with two attached hydrogens (primary N) is 1. The highest BCUT2D eigenvalue weighted by atomic mass is 16.2. The van der Waals surface area contributed by atoms with Crippen LogP contribution in [0.2, 0.25) is 0 Å². The second-order valence-electron chi connectivity index (χ2n) is 8.55. The highest BCUT2D eigenvalue weighted by molar-refractivity contribution is 6.22. The van der Waals surface area contributed by atoms with Crippen LogP contribution in [0.25, 0.3) is 16.8 Å². The van der Waals surface area contributed by atoms with Gasteiger partial charge in [-0.2, -0.15) is 9.78 Å². The molecule has 0 atom stereocenters. The third kappa shape index (κ3) is 3.42. The number of rotatable bonds is 4. The van der Waals surface area contributed by atoms with Gasteiger partial charge in [0, 0.05) is 36.2 Å². The van der Waals surface area contributed by atoms with Crippen LogP contribution in [0.4, 0.5) is 5.69 Å². The molecule has 3 heterocycles. The molecular formula is C26H26N4O2. The number of carbonyl (C=O) groups is 2. The Bertz CT molecular complexity index is 1220. The molecular weight excluding hydrogens is 400 g/mol. The lowest BCUT2D eigenvalue weighted by atomic mass is 9.92. The fraction of sp³-hybridized carbons (Fsp3) is 0.269. The summed E-state index contributed by atoms with van der Waals surface area (Å²) in [7, 11) is 0. The van der Waals surface area contributed by atoms with Crippen LogP contribution in [0.3, 0.4) is 0 Å². The smallest absolute Gasteiger partial charge is 0.279 e. The van der Waals surface area contributed by atoms with Crippen molar-refractivity contribution in [3.05, 3.63) is 77.0 Å². The number of fused-ring (bicyclic) bond motifs is 1. The summed E-state index contributed by atoms with van der Waals surface area (Å²) in [5.74, 6) is -0.610. The van der Waals surface area contributed by atoms with E-state index in [0.29, 0.717) is 17.6 Å². The Labute approximate surface area is 187 Å². The predicted molar refractivity (Wildman–Crippen MR) is 126 cm³/mol. The van der Waals surface area contributed by atoms with Crippen molar-refractivity contribution >= 4 is 23.1 Å². The van der Waals surface area contributed by atoms with Gasteiger partial charge in [-0.1, -0.05) is 48.0 Å². The molecule has 3 aromatic rings. The van der Waals surface area contributed by atoms with Gasteiger partial charge in [0.2, 0.25) is 5.91 Å². The number of nitrogens with zero attached hydrogens (tertiary/aromatic N) is 3. The number of primary amides is 1. The number of piperidine rings is 1. The summed E-state index contributed by atoms with van der Waals surface area (Å²) in [6.45, 7) is 3.97. The second kappa shape index (κ2) is 8.11. The molecule has 1 saturated heterocycles. The van der Waals surface area contributed by atoms with Gasteiger partial charge in [0.1, 0.15) is 5.69 Å². The van der Waals surface area contributed by atoms with Gasteiger partial charge in [0.25, 0.3) is 5.91 Å². The van der Waals surface area contributed by atoms with Crippen molar-refractivity contribution in [3.8, 4) is 11.3 Å². The van der Waals surface area contributed by atoms with Crippen molar-refractivity contribution in [2.45, 2.75) is 32.6 Å². The fourth-order valence-electron chi connectivity index (χ4n) is 4.81. The van der Waals surface area contributed by atoms with Crippen LogP contribution in [0.5, 0.6) is 0 Å². The van der Waals surface area contributed by atoms with E-state index < -0.39 is 5.91 Å².